The minimum absolute atomic E-state index is 0.315. The van der Waals surface area contributed by atoms with Gasteiger partial charge in [-0.15, -0.1) is 0 Å². The van der Waals surface area contributed by atoms with E-state index in [1.54, 1.807) is 0 Å². The summed E-state index contributed by atoms with van der Waals surface area (Å²) < 4.78 is 0. The molecule has 0 fully saturated rings. The Hall–Kier alpha value is -0.670. The van der Waals surface area contributed by atoms with Crippen molar-refractivity contribution >= 4 is 34.9 Å². The van der Waals surface area contributed by atoms with Gasteiger partial charge in [0.15, 0.2) is 5.78 Å². The van der Waals surface area contributed by atoms with Crippen molar-refractivity contribution in [2.75, 3.05) is 23.0 Å². The topological polar surface area (TPSA) is 17.1 Å². The average Bonchev–Trinajstić information content (AvgIpc) is 2.88. The highest BCUT2D eigenvalue weighted by Crippen LogP contribution is 2.31. The summed E-state index contributed by atoms with van der Waals surface area (Å²) in [5.74, 6) is 5.70. The zero-order valence-corrected chi connectivity index (χ0v) is 14.3. The summed E-state index contributed by atoms with van der Waals surface area (Å²) >= 11 is 4.06. The summed E-state index contributed by atoms with van der Waals surface area (Å²) in [4.78, 5) is 12.1. The van der Waals surface area contributed by atoms with Gasteiger partial charge in [0.05, 0.1) is 0 Å². The first kappa shape index (κ1) is 16.7. The molecule has 0 aliphatic heterocycles. The molecule has 1 unspecified atom stereocenters. The standard InChI is InChI=1S/C18H24OS2/c1-2-20-10-6-11-21-12-9-15-13-17(18(19)14-15)16-7-4-3-5-8-16/h3-5,7-8,13,15H,2,6,9-12,14H2,1H3. The summed E-state index contributed by atoms with van der Waals surface area (Å²) in [5.41, 5.74) is 2.01. The van der Waals surface area contributed by atoms with E-state index in [2.05, 4.69) is 13.0 Å². The third-order valence-corrected chi connectivity index (χ3v) is 5.74. The maximum atomic E-state index is 12.1. The van der Waals surface area contributed by atoms with Gasteiger partial charge < -0.3 is 0 Å². The molecule has 1 aromatic rings. The van der Waals surface area contributed by atoms with E-state index in [4.69, 9.17) is 0 Å². The van der Waals surface area contributed by atoms with Crippen LogP contribution in [0.1, 0.15) is 31.7 Å². The molecule has 1 aliphatic carbocycles. The van der Waals surface area contributed by atoms with Crippen molar-refractivity contribution in [3.63, 3.8) is 0 Å². The second kappa shape index (κ2) is 9.37. The van der Waals surface area contributed by atoms with Crippen LogP contribution in [-0.2, 0) is 4.79 Å². The fourth-order valence-electron chi connectivity index (χ4n) is 2.54. The zero-order valence-electron chi connectivity index (χ0n) is 12.7. The van der Waals surface area contributed by atoms with E-state index in [-0.39, 0.29) is 0 Å². The maximum absolute atomic E-state index is 12.1. The molecule has 0 N–H and O–H groups in total. The lowest BCUT2D eigenvalue weighted by Crippen LogP contribution is -2.00. The molecule has 3 heteroatoms. The van der Waals surface area contributed by atoms with Gasteiger partial charge in [0.25, 0.3) is 0 Å². The summed E-state index contributed by atoms with van der Waals surface area (Å²) in [6.07, 6.45) is 5.34. The molecule has 0 spiro atoms. The minimum atomic E-state index is 0.315. The summed E-state index contributed by atoms with van der Waals surface area (Å²) in [6, 6.07) is 10.1. The third-order valence-electron chi connectivity index (χ3n) is 3.65. The predicted octanol–water partition coefficient (Wildman–Crippen LogP) is 4.93. The van der Waals surface area contributed by atoms with Gasteiger partial charge in [-0.3, -0.25) is 4.79 Å². The first-order valence-electron chi connectivity index (χ1n) is 7.77. The highest BCUT2D eigenvalue weighted by molar-refractivity contribution is 8.00. The number of thioether (sulfide) groups is 2. The highest BCUT2D eigenvalue weighted by atomic mass is 32.2. The largest absolute Gasteiger partial charge is 0.294 e. The molecule has 1 aromatic carbocycles. The molecule has 0 saturated carbocycles. The molecule has 1 nitrogen and oxygen atoms in total. The quantitative estimate of drug-likeness (QED) is 0.601. The van der Waals surface area contributed by atoms with Crippen LogP contribution in [0.15, 0.2) is 36.4 Å². The van der Waals surface area contributed by atoms with Gasteiger partial charge in [0.1, 0.15) is 0 Å². The molecule has 2 rings (SSSR count). The van der Waals surface area contributed by atoms with E-state index < -0.39 is 0 Å². The fraction of sp³-hybridized carbons (Fsp3) is 0.500. The smallest absolute Gasteiger partial charge is 0.163 e. The Morgan fingerprint density at radius 3 is 2.62 bits per heavy atom. The van der Waals surface area contributed by atoms with E-state index in [1.165, 1.54) is 29.4 Å². The Kier molecular flexibility index (Phi) is 7.45. The Bertz CT molecular complexity index is 467. The van der Waals surface area contributed by atoms with Crippen molar-refractivity contribution in [3.05, 3.63) is 42.0 Å². The van der Waals surface area contributed by atoms with Crippen LogP contribution in [0.2, 0.25) is 0 Å². The summed E-state index contributed by atoms with van der Waals surface area (Å²) in [5, 5.41) is 0. The maximum Gasteiger partial charge on any atom is 0.163 e. The number of benzene rings is 1. The van der Waals surface area contributed by atoms with Crippen molar-refractivity contribution < 1.29 is 4.79 Å². The number of allylic oxidation sites excluding steroid dienone is 2. The predicted molar refractivity (Wildman–Crippen MR) is 97.1 cm³/mol. The molecule has 0 radical (unpaired) electrons. The van der Waals surface area contributed by atoms with Crippen molar-refractivity contribution in [2.24, 2.45) is 5.92 Å². The molecule has 0 amide bonds. The minimum Gasteiger partial charge on any atom is -0.294 e. The van der Waals surface area contributed by atoms with Crippen molar-refractivity contribution in [1.82, 2.24) is 0 Å². The van der Waals surface area contributed by atoms with E-state index in [1.807, 2.05) is 53.9 Å². The molecule has 1 atom stereocenters. The highest BCUT2D eigenvalue weighted by Gasteiger charge is 2.24. The van der Waals surface area contributed by atoms with E-state index in [0.717, 1.165) is 17.6 Å². The van der Waals surface area contributed by atoms with Crippen molar-refractivity contribution in [2.45, 2.75) is 26.2 Å². The molecule has 0 bridgehead atoms. The van der Waals surface area contributed by atoms with Gasteiger partial charge >= 0.3 is 0 Å². The molecule has 21 heavy (non-hydrogen) atoms. The van der Waals surface area contributed by atoms with E-state index in [0.29, 0.717) is 18.1 Å². The van der Waals surface area contributed by atoms with Gasteiger partial charge in [0, 0.05) is 12.0 Å². The molecule has 0 heterocycles. The molecule has 114 valence electrons. The summed E-state index contributed by atoms with van der Waals surface area (Å²) in [6.45, 7) is 2.21. The Morgan fingerprint density at radius 2 is 1.86 bits per heavy atom. The van der Waals surface area contributed by atoms with E-state index in [9.17, 15) is 4.79 Å². The normalized spacial score (nSPS) is 18.0. The van der Waals surface area contributed by atoms with Crippen LogP contribution in [0.25, 0.3) is 5.57 Å². The number of rotatable bonds is 9. The van der Waals surface area contributed by atoms with Gasteiger partial charge in [-0.05, 0) is 47.3 Å². The van der Waals surface area contributed by atoms with E-state index >= 15 is 0 Å². The monoisotopic (exact) mass is 320 g/mol. The molecular weight excluding hydrogens is 296 g/mol. The van der Waals surface area contributed by atoms with Crippen molar-refractivity contribution in [1.29, 1.82) is 0 Å². The number of carbonyl (C=O) groups is 1. The first-order valence-corrected chi connectivity index (χ1v) is 10.1. The van der Waals surface area contributed by atoms with Gasteiger partial charge in [0.2, 0.25) is 0 Å². The molecule has 0 saturated heterocycles. The van der Waals surface area contributed by atoms with Crippen LogP contribution < -0.4 is 0 Å². The van der Waals surface area contributed by atoms with Gasteiger partial charge in [-0.25, -0.2) is 0 Å². The van der Waals surface area contributed by atoms with Crippen molar-refractivity contribution in [3.8, 4) is 0 Å². The number of Topliss-reactive ketones (excluding diaryl/α,β-unsaturated/α-hetero) is 1. The van der Waals surface area contributed by atoms with Crippen LogP contribution in [0.3, 0.4) is 0 Å². The average molecular weight is 321 g/mol. The molecular formula is C18H24OS2. The lowest BCUT2D eigenvalue weighted by atomic mass is 10.1. The number of ketones is 1. The second-order valence-corrected chi connectivity index (χ2v) is 7.90. The van der Waals surface area contributed by atoms with Crippen LogP contribution >= 0.6 is 23.5 Å². The third kappa shape index (κ3) is 5.55. The number of carbonyl (C=O) groups excluding carboxylic acids is 1. The lowest BCUT2D eigenvalue weighted by Gasteiger charge is -2.05. The SMILES string of the molecule is CCSCCCSCCC1C=C(c2ccccc2)C(=O)C1. The Labute approximate surface area is 137 Å². The Balaban J connectivity index is 1.71. The lowest BCUT2D eigenvalue weighted by molar-refractivity contribution is -0.113. The number of hydrogen-bond donors (Lipinski definition) is 0. The summed E-state index contributed by atoms with van der Waals surface area (Å²) in [7, 11) is 0. The zero-order chi connectivity index (χ0) is 14.9. The Morgan fingerprint density at radius 1 is 1.10 bits per heavy atom. The molecule has 0 aromatic heterocycles. The number of hydrogen-bond acceptors (Lipinski definition) is 3. The van der Waals surface area contributed by atoms with Crippen LogP contribution in [-0.4, -0.2) is 28.8 Å². The van der Waals surface area contributed by atoms with Crippen LogP contribution in [0.5, 0.6) is 0 Å². The van der Waals surface area contributed by atoms with Gasteiger partial charge in [-0.2, -0.15) is 23.5 Å². The van der Waals surface area contributed by atoms with Crippen LogP contribution in [0.4, 0.5) is 0 Å². The van der Waals surface area contributed by atoms with Gasteiger partial charge in [-0.1, -0.05) is 43.3 Å². The first-order chi connectivity index (χ1) is 10.3. The van der Waals surface area contributed by atoms with Crippen LogP contribution in [0, 0.1) is 5.92 Å². The second-order valence-electron chi connectivity index (χ2n) is 5.29. The fourth-order valence-corrected chi connectivity index (χ4v) is 4.38. The molecule has 1 aliphatic rings.